The van der Waals surface area contributed by atoms with Crippen LogP contribution in [0.25, 0.3) is 0 Å². The van der Waals surface area contributed by atoms with Crippen LogP contribution in [-0.2, 0) is 9.59 Å². The summed E-state index contributed by atoms with van der Waals surface area (Å²) in [4.78, 5) is 32.4. The molecule has 2 amide bonds. The molecule has 156 valence electrons. The molecular weight excluding hydrogens is 394 g/mol. The summed E-state index contributed by atoms with van der Waals surface area (Å²) in [5, 5.41) is 3.27. The van der Waals surface area contributed by atoms with Gasteiger partial charge in [0.05, 0.1) is 5.69 Å². The van der Waals surface area contributed by atoms with Crippen molar-refractivity contribution < 1.29 is 9.59 Å². The molecule has 30 heavy (non-hydrogen) atoms. The molecule has 1 N–H and O–H groups in total. The number of rotatable bonds is 5. The lowest BCUT2D eigenvalue weighted by atomic mass is 10.1. The van der Waals surface area contributed by atoms with Gasteiger partial charge in [-0.15, -0.1) is 0 Å². The minimum Gasteiger partial charge on any atom is -0.326 e. The summed E-state index contributed by atoms with van der Waals surface area (Å²) in [6.07, 6.45) is 2.14. The van der Waals surface area contributed by atoms with Gasteiger partial charge >= 0.3 is 0 Å². The number of carbonyl (C=O) groups is 2. The molecule has 1 saturated carbocycles. The molecule has 0 spiro atoms. The van der Waals surface area contributed by atoms with Gasteiger partial charge in [-0.3, -0.25) is 14.5 Å². The van der Waals surface area contributed by atoms with Crippen molar-refractivity contribution >= 4 is 40.1 Å². The monoisotopic (exact) mass is 421 g/mol. The van der Waals surface area contributed by atoms with E-state index in [4.69, 9.17) is 4.99 Å². The van der Waals surface area contributed by atoms with Crippen molar-refractivity contribution in [1.29, 1.82) is 0 Å². The lowest BCUT2D eigenvalue weighted by Gasteiger charge is -2.16. The molecule has 1 heterocycles. The first-order valence-corrected chi connectivity index (χ1v) is 11.2. The van der Waals surface area contributed by atoms with Crippen LogP contribution < -0.4 is 5.32 Å². The van der Waals surface area contributed by atoms with Gasteiger partial charge in [0.2, 0.25) is 11.8 Å². The Labute approximate surface area is 182 Å². The molecule has 1 aliphatic heterocycles. The Hall–Kier alpha value is -2.60. The standard InChI is InChI=1S/C24H27N3O2S/c1-14-8-9-16(3)20(12-14)25-22(28)13-21-23(29)27(18-10-11-18)24(30-21)26-19-7-5-6-15(2)17(19)4/h5-9,12,18,21H,10-11,13H2,1-4H3,(H,25,28). The molecule has 4 rings (SSSR count). The zero-order chi connectivity index (χ0) is 21.4. The number of nitrogens with one attached hydrogen (secondary N) is 1. The zero-order valence-corrected chi connectivity index (χ0v) is 18.7. The van der Waals surface area contributed by atoms with Crippen LogP contribution >= 0.6 is 11.8 Å². The SMILES string of the molecule is Cc1ccc(C)c(NC(=O)CC2SC(=Nc3cccc(C)c3C)N(C3CC3)C2=O)c1. The molecule has 2 fully saturated rings. The van der Waals surface area contributed by atoms with E-state index in [-0.39, 0.29) is 24.3 Å². The Morgan fingerprint density at radius 1 is 1.13 bits per heavy atom. The number of thioether (sulfide) groups is 1. The molecule has 1 unspecified atom stereocenters. The maximum absolute atomic E-state index is 13.1. The van der Waals surface area contributed by atoms with Crippen molar-refractivity contribution in [1.82, 2.24) is 4.90 Å². The third-order valence-electron chi connectivity index (χ3n) is 5.71. The normalized spacial score (nSPS) is 20.1. The van der Waals surface area contributed by atoms with Crippen LogP contribution in [0.3, 0.4) is 0 Å². The average molecular weight is 422 g/mol. The van der Waals surface area contributed by atoms with Crippen LogP contribution in [0.1, 0.15) is 41.5 Å². The van der Waals surface area contributed by atoms with Crippen LogP contribution in [0.15, 0.2) is 41.4 Å². The highest BCUT2D eigenvalue weighted by Crippen LogP contribution is 2.40. The smallest absolute Gasteiger partial charge is 0.242 e. The summed E-state index contributed by atoms with van der Waals surface area (Å²) < 4.78 is 0. The highest BCUT2D eigenvalue weighted by Gasteiger charge is 2.46. The van der Waals surface area contributed by atoms with Crippen molar-refractivity contribution in [2.75, 3.05) is 5.32 Å². The molecule has 2 aromatic carbocycles. The summed E-state index contributed by atoms with van der Waals surface area (Å²) >= 11 is 1.42. The highest BCUT2D eigenvalue weighted by atomic mass is 32.2. The Morgan fingerprint density at radius 2 is 1.90 bits per heavy atom. The van der Waals surface area contributed by atoms with Crippen LogP contribution in [-0.4, -0.2) is 33.2 Å². The van der Waals surface area contributed by atoms with Crippen LogP contribution in [0.5, 0.6) is 0 Å². The summed E-state index contributed by atoms with van der Waals surface area (Å²) in [6.45, 7) is 8.07. The molecular formula is C24H27N3O2S. The van der Waals surface area contributed by atoms with E-state index in [9.17, 15) is 9.59 Å². The van der Waals surface area contributed by atoms with Gasteiger partial charge in [0, 0.05) is 18.2 Å². The fourth-order valence-corrected chi connectivity index (χ4v) is 4.77. The minimum absolute atomic E-state index is 0.00247. The Morgan fingerprint density at radius 3 is 2.63 bits per heavy atom. The molecule has 0 radical (unpaired) electrons. The van der Waals surface area contributed by atoms with Gasteiger partial charge in [0.1, 0.15) is 5.25 Å². The number of nitrogens with zero attached hydrogens (tertiary/aromatic N) is 2. The van der Waals surface area contributed by atoms with Crippen LogP contribution in [0, 0.1) is 27.7 Å². The Balaban J connectivity index is 1.53. The predicted molar refractivity (Wildman–Crippen MR) is 123 cm³/mol. The number of amides is 2. The van der Waals surface area contributed by atoms with E-state index in [0.29, 0.717) is 0 Å². The summed E-state index contributed by atoms with van der Waals surface area (Å²) in [6, 6.07) is 12.2. The maximum Gasteiger partial charge on any atom is 0.242 e. The van der Waals surface area contributed by atoms with Crippen molar-refractivity contribution in [2.24, 2.45) is 4.99 Å². The quantitative estimate of drug-likeness (QED) is 0.735. The lowest BCUT2D eigenvalue weighted by molar-refractivity contribution is -0.128. The van der Waals surface area contributed by atoms with Gasteiger partial charge in [0.15, 0.2) is 5.17 Å². The van der Waals surface area contributed by atoms with Gasteiger partial charge in [-0.1, -0.05) is 36.0 Å². The van der Waals surface area contributed by atoms with Gasteiger partial charge < -0.3 is 5.32 Å². The second-order valence-corrected chi connectivity index (χ2v) is 9.40. The first kappa shape index (κ1) is 20.7. The van der Waals surface area contributed by atoms with Crippen molar-refractivity contribution in [3.05, 3.63) is 58.7 Å². The van der Waals surface area contributed by atoms with Gasteiger partial charge in [0.25, 0.3) is 0 Å². The van der Waals surface area contributed by atoms with E-state index in [0.717, 1.165) is 46.1 Å². The largest absolute Gasteiger partial charge is 0.326 e. The molecule has 1 aliphatic carbocycles. The van der Waals surface area contributed by atoms with Gasteiger partial charge in [-0.25, -0.2) is 4.99 Å². The number of amidine groups is 1. The van der Waals surface area contributed by atoms with Crippen molar-refractivity contribution in [3.8, 4) is 0 Å². The van der Waals surface area contributed by atoms with Gasteiger partial charge in [-0.2, -0.15) is 0 Å². The van der Waals surface area contributed by atoms with Crippen LogP contribution in [0.4, 0.5) is 11.4 Å². The second-order valence-electron chi connectivity index (χ2n) is 8.23. The molecule has 1 saturated heterocycles. The molecule has 5 nitrogen and oxygen atoms in total. The number of hydrogen-bond acceptors (Lipinski definition) is 4. The van der Waals surface area contributed by atoms with Crippen molar-refractivity contribution in [3.63, 3.8) is 0 Å². The Bertz CT molecular complexity index is 1040. The average Bonchev–Trinajstić information content (AvgIpc) is 3.48. The zero-order valence-electron chi connectivity index (χ0n) is 17.9. The van der Waals surface area contributed by atoms with E-state index in [1.165, 1.54) is 17.3 Å². The number of anilines is 1. The summed E-state index contributed by atoms with van der Waals surface area (Å²) in [7, 11) is 0. The highest BCUT2D eigenvalue weighted by molar-refractivity contribution is 8.15. The molecule has 0 aromatic heterocycles. The molecule has 0 bridgehead atoms. The van der Waals surface area contributed by atoms with E-state index in [2.05, 4.69) is 18.3 Å². The second kappa shape index (κ2) is 8.26. The molecule has 1 atom stereocenters. The Kier molecular flexibility index (Phi) is 5.69. The first-order chi connectivity index (χ1) is 14.3. The minimum atomic E-state index is -0.431. The number of benzene rings is 2. The van der Waals surface area contributed by atoms with E-state index >= 15 is 0 Å². The van der Waals surface area contributed by atoms with E-state index < -0.39 is 5.25 Å². The number of hydrogen-bond donors (Lipinski definition) is 1. The topological polar surface area (TPSA) is 61.8 Å². The molecule has 2 aromatic rings. The molecule has 2 aliphatic rings. The third-order valence-corrected chi connectivity index (χ3v) is 6.86. The van der Waals surface area contributed by atoms with Crippen molar-refractivity contribution in [2.45, 2.75) is 58.2 Å². The van der Waals surface area contributed by atoms with E-state index in [1.807, 2.05) is 56.0 Å². The third kappa shape index (κ3) is 4.29. The lowest BCUT2D eigenvalue weighted by Crippen LogP contribution is -2.35. The van der Waals surface area contributed by atoms with E-state index in [1.54, 1.807) is 0 Å². The fraction of sp³-hybridized carbons (Fsp3) is 0.375. The first-order valence-electron chi connectivity index (χ1n) is 10.3. The van der Waals surface area contributed by atoms with Crippen LogP contribution in [0.2, 0.25) is 0 Å². The summed E-state index contributed by atoms with van der Waals surface area (Å²) in [5.41, 5.74) is 6.08. The summed E-state index contributed by atoms with van der Waals surface area (Å²) in [5.74, 6) is -0.138. The predicted octanol–water partition coefficient (Wildman–Crippen LogP) is 5.04. The maximum atomic E-state index is 13.1. The number of aryl methyl sites for hydroxylation is 3. The number of carbonyl (C=O) groups excluding carboxylic acids is 2. The number of aliphatic imine (C=N–C) groups is 1. The van der Waals surface area contributed by atoms with Gasteiger partial charge in [-0.05, 0) is 74.9 Å². The fourth-order valence-electron chi connectivity index (χ4n) is 3.56. The molecule has 6 heteroatoms.